The number of halogens is 2. The highest BCUT2D eigenvalue weighted by molar-refractivity contribution is 6.00. The van der Waals surface area contributed by atoms with E-state index < -0.39 is 5.97 Å². The second kappa shape index (κ2) is 13.8. The molecule has 1 fully saturated rings. The fraction of sp³-hybridized carbons (Fsp3) is 0.375. The van der Waals surface area contributed by atoms with Crippen molar-refractivity contribution in [2.45, 2.75) is 19.9 Å². The molecule has 0 atom stereocenters. The Kier molecular flexibility index (Phi) is 11.8. The van der Waals surface area contributed by atoms with Crippen LogP contribution in [0.5, 0.6) is 17.2 Å². The van der Waals surface area contributed by atoms with Crippen molar-refractivity contribution in [3.63, 3.8) is 0 Å². The minimum Gasteiger partial charge on any atom is -0.496 e. The number of carbonyl (C=O) groups is 2. The minimum absolute atomic E-state index is 0. The zero-order chi connectivity index (χ0) is 24.8. The topological polar surface area (TPSA) is 133 Å². The van der Waals surface area contributed by atoms with Crippen LogP contribution in [0.3, 0.4) is 0 Å². The van der Waals surface area contributed by atoms with Crippen LogP contribution in [0.25, 0.3) is 0 Å². The number of aliphatic imine (C=N–C) groups is 1. The van der Waals surface area contributed by atoms with E-state index in [4.69, 9.17) is 25.7 Å². The molecular formula is C24H33Cl2N5O5. The first-order valence-electron chi connectivity index (χ1n) is 10.9. The molecule has 2 aromatic rings. The van der Waals surface area contributed by atoms with E-state index in [9.17, 15) is 9.59 Å². The highest BCUT2D eigenvalue weighted by Gasteiger charge is 2.29. The van der Waals surface area contributed by atoms with Gasteiger partial charge in [-0.15, -0.1) is 24.8 Å². The summed E-state index contributed by atoms with van der Waals surface area (Å²) in [6.07, 6.45) is 0. The Morgan fingerprint density at radius 2 is 1.44 bits per heavy atom. The lowest BCUT2D eigenvalue weighted by atomic mass is 10.1. The van der Waals surface area contributed by atoms with Crippen molar-refractivity contribution in [2.75, 3.05) is 40.4 Å². The molecule has 0 aliphatic carbocycles. The van der Waals surface area contributed by atoms with Gasteiger partial charge in [0.15, 0.2) is 5.96 Å². The van der Waals surface area contributed by atoms with Crippen LogP contribution in [0.4, 0.5) is 5.69 Å². The number of guanidine groups is 1. The number of piperazine rings is 1. The third-order valence-corrected chi connectivity index (χ3v) is 5.60. The number of ether oxygens (including phenoxy) is 3. The summed E-state index contributed by atoms with van der Waals surface area (Å²) in [6.45, 7) is 7.09. The van der Waals surface area contributed by atoms with Gasteiger partial charge < -0.3 is 30.6 Å². The predicted molar refractivity (Wildman–Crippen MR) is 144 cm³/mol. The summed E-state index contributed by atoms with van der Waals surface area (Å²) in [4.78, 5) is 34.0. The summed E-state index contributed by atoms with van der Waals surface area (Å²) in [6, 6.07) is 9.73. The molecule has 0 spiro atoms. The molecule has 2 aromatic carbocycles. The van der Waals surface area contributed by atoms with Crippen molar-refractivity contribution in [1.29, 1.82) is 0 Å². The summed E-state index contributed by atoms with van der Waals surface area (Å²) in [5.74, 6) is -0.142. The van der Waals surface area contributed by atoms with Gasteiger partial charge in [-0.05, 0) is 38.1 Å². The van der Waals surface area contributed by atoms with Crippen LogP contribution in [-0.4, -0.2) is 74.1 Å². The Balaban J connectivity index is 0.00000324. The average molecular weight is 542 g/mol. The first-order chi connectivity index (χ1) is 16.2. The smallest absolute Gasteiger partial charge is 0.343 e. The number of amides is 1. The molecule has 198 valence electrons. The number of hydrogen-bond donors (Lipinski definition) is 2. The predicted octanol–water partition coefficient (Wildman–Crippen LogP) is 2.84. The van der Waals surface area contributed by atoms with E-state index in [1.807, 2.05) is 0 Å². The van der Waals surface area contributed by atoms with Crippen molar-refractivity contribution in [3.05, 3.63) is 47.5 Å². The second-order valence-electron chi connectivity index (χ2n) is 8.10. The van der Waals surface area contributed by atoms with Crippen molar-refractivity contribution < 1.29 is 23.8 Å². The van der Waals surface area contributed by atoms with Crippen LogP contribution < -0.4 is 25.7 Å². The molecule has 1 amide bonds. The van der Waals surface area contributed by atoms with Crippen LogP contribution in [0.1, 0.15) is 34.6 Å². The van der Waals surface area contributed by atoms with Gasteiger partial charge in [0, 0.05) is 44.4 Å². The molecule has 4 N–H and O–H groups in total. The first-order valence-corrected chi connectivity index (χ1v) is 10.9. The molecule has 0 aromatic heterocycles. The molecule has 0 bridgehead atoms. The maximum absolute atomic E-state index is 13.3. The van der Waals surface area contributed by atoms with Gasteiger partial charge in [-0.1, -0.05) is 0 Å². The van der Waals surface area contributed by atoms with Crippen molar-refractivity contribution in [1.82, 2.24) is 9.80 Å². The maximum Gasteiger partial charge on any atom is 0.343 e. The van der Waals surface area contributed by atoms with E-state index in [1.54, 1.807) is 29.2 Å². The number of hydrogen-bond acceptors (Lipinski definition) is 7. The molecule has 0 unspecified atom stereocenters. The van der Waals surface area contributed by atoms with Gasteiger partial charge in [0.25, 0.3) is 5.91 Å². The number of rotatable bonds is 7. The molecule has 1 heterocycles. The van der Waals surface area contributed by atoms with E-state index >= 15 is 0 Å². The van der Waals surface area contributed by atoms with Crippen LogP contribution in [0.2, 0.25) is 0 Å². The van der Waals surface area contributed by atoms with E-state index in [2.05, 4.69) is 23.7 Å². The standard InChI is InChI=1S/C24H31N5O5.2ClH/c1-15(2)28-9-11-29(12-10-28)22(30)21-19(32-3)13-18(14-20(21)33-4)34-23(31)16-5-7-17(8-6-16)27-24(25)26;;/h5-8,13-15H,9-12H2,1-4H3,(H4,25,26,27);2*1H. The Morgan fingerprint density at radius 1 is 0.917 bits per heavy atom. The van der Waals surface area contributed by atoms with Crippen molar-refractivity contribution in [2.24, 2.45) is 16.5 Å². The van der Waals surface area contributed by atoms with E-state index in [-0.39, 0.29) is 53.9 Å². The molecule has 12 heteroatoms. The number of carbonyl (C=O) groups excluding carboxylic acids is 2. The van der Waals surface area contributed by atoms with E-state index in [0.29, 0.717) is 35.9 Å². The number of nitrogens with zero attached hydrogens (tertiary/aromatic N) is 3. The molecule has 1 saturated heterocycles. The summed E-state index contributed by atoms with van der Waals surface area (Å²) in [7, 11) is 2.91. The lowest BCUT2D eigenvalue weighted by molar-refractivity contribution is 0.0589. The molecular weight excluding hydrogens is 509 g/mol. The van der Waals surface area contributed by atoms with Gasteiger partial charge in [0.1, 0.15) is 22.8 Å². The van der Waals surface area contributed by atoms with Gasteiger partial charge in [-0.25, -0.2) is 9.79 Å². The molecule has 3 rings (SSSR count). The summed E-state index contributed by atoms with van der Waals surface area (Å²) in [5, 5.41) is 0. The molecule has 0 radical (unpaired) electrons. The monoisotopic (exact) mass is 541 g/mol. The zero-order valence-electron chi connectivity index (χ0n) is 20.7. The maximum atomic E-state index is 13.3. The Bertz CT molecular complexity index is 1040. The average Bonchev–Trinajstić information content (AvgIpc) is 2.83. The van der Waals surface area contributed by atoms with Crippen molar-refractivity contribution >= 4 is 48.3 Å². The highest BCUT2D eigenvalue weighted by Crippen LogP contribution is 2.35. The number of benzene rings is 2. The largest absolute Gasteiger partial charge is 0.496 e. The molecule has 1 aliphatic rings. The lowest BCUT2D eigenvalue weighted by Crippen LogP contribution is -2.50. The fourth-order valence-corrected chi connectivity index (χ4v) is 3.74. The Morgan fingerprint density at radius 3 is 1.89 bits per heavy atom. The van der Waals surface area contributed by atoms with Crippen LogP contribution in [0, 0.1) is 0 Å². The van der Waals surface area contributed by atoms with Crippen LogP contribution >= 0.6 is 24.8 Å². The van der Waals surface area contributed by atoms with Gasteiger partial charge in [0.2, 0.25) is 0 Å². The fourth-order valence-electron chi connectivity index (χ4n) is 3.74. The van der Waals surface area contributed by atoms with E-state index in [1.165, 1.54) is 26.4 Å². The summed E-state index contributed by atoms with van der Waals surface area (Å²) >= 11 is 0. The zero-order valence-corrected chi connectivity index (χ0v) is 22.4. The molecule has 36 heavy (non-hydrogen) atoms. The molecule has 0 saturated carbocycles. The third kappa shape index (κ3) is 7.39. The highest BCUT2D eigenvalue weighted by atomic mass is 35.5. The minimum atomic E-state index is -0.593. The van der Waals surface area contributed by atoms with Gasteiger partial charge >= 0.3 is 5.97 Å². The van der Waals surface area contributed by atoms with E-state index in [0.717, 1.165) is 13.1 Å². The molecule has 10 nitrogen and oxygen atoms in total. The summed E-state index contributed by atoms with van der Waals surface area (Å²) in [5.41, 5.74) is 11.8. The van der Waals surface area contributed by atoms with Gasteiger partial charge in [-0.2, -0.15) is 0 Å². The van der Waals surface area contributed by atoms with Gasteiger partial charge in [-0.3, -0.25) is 9.69 Å². The van der Waals surface area contributed by atoms with Crippen LogP contribution in [-0.2, 0) is 0 Å². The Labute approximate surface area is 223 Å². The third-order valence-electron chi connectivity index (χ3n) is 5.60. The second-order valence-corrected chi connectivity index (χ2v) is 8.10. The molecule has 1 aliphatic heterocycles. The number of methoxy groups -OCH3 is 2. The lowest BCUT2D eigenvalue weighted by Gasteiger charge is -2.37. The summed E-state index contributed by atoms with van der Waals surface area (Å²) < 4.78 is 16.5. The number of esters is 1. The van der Waals surface area contributed by atoms with Gasteiger partial charge in [0.05, 0.1) is 25.5 Å². The normalized spacial score (nSPS) is 13.2. The quantitative estimate of drug-likeness (QED) is 0.236. The Hall–Kier alpha value is -3.21. The van der Waals surface area contributed by atoms with Crippen LogP contribution in [0.15, 0.2) is 41.4 Å². The van der Waals surface area contributed by atoms with Crippen molar-refractivity contribution in [3.8, 4) is 17.2 Å². The SMILES string of the molecule is COc1cc(OC(=O)c2ccc(N=C(N)N)cc2)cc(OC)c1C(=O)N1CCN(C(C)C)CC1.Cl.Cl. The first kappa shape index (κ1) is 30.8. The number of nitrogens with two attached hydrogens (primary N) is 2.